The lowest BCUT2D eigenvalue weighted by Gasteiger charge is -2.35. The van der Waals surface area contributed by atoms with Gasteiger partial charge in [0.2, 0.25) is 11.9 Å². The van der Waals surface area contributed by atoms with Crippen LogP contribution in [0.1, 0.15) is 51.2 Å². The summed E-state index contributed by atoms with van der Waals surface area (Å²) < 4.78 is 12.1. The van der Waals surface area contributed by atoms with Crippen molar-refractivity contribution in [2.45, 2.75) is 39.5 Å². The van der Waals surface area contributed by atoms with E-state index in [2.05, 4.69) is 61.9 Å². The van der Waals surface area contributed by atoms with E-state index in [4.69, 9.17) is 39.4 Å². The van der Waals surface area contributed by atoms with Crippen molar-refractivity contribution in [2.24, 2.45) is 0 Å². The number of hydrazine groups is 1. The van der Waals surface area contributed by atoms with Crippen LogP contribution in [0, 0.1) is 3.57 Å². The minimum atomic E-state index is -0.595. The Hall–Kier alpha value is -7.16. The van der Waals surface area contributed by atoms with Gasteiger partial charge < -0.3 is 29.9 Å². The zero-order chi connectivity index (χ0) is 47.9. The Morgan fingerprint density at radius 2 is 0.884 bits per heavy atom. The number of benzene rings is 4. The number of amides is 4. The Morgan fingerprint density at radius 1 is 0.507 bits per heavy atom. The topological polar surface area (TPSA) is 180 Å². The fourth-order valence-electron chi connectivity index (χ4n) is 7.67. The van der Waals surface area contributed by atoms with Gasteiger partial charge in [-0.15, -0.1) is 0 Å². The molecule has 2 N–H and O–H groups in total. The second-order valence-electron chi connectivity index (χ2n) is 17.0. The number of ether oxygens (including phenoxy) is 2. The molecule has 3 aromatic heterocycles. The standard InChI is InChI=1S/C51H52IN13O4/c1-33(2)44-56-46(60-48(58-44)62-25-29-68-30-26-62)37-7-15-41(16-8-37)55-51(67)65(43-19-11-39(52)12-20-43)64(50(66)54-40-13-5-35(6-14-40)36-21-23-53-24-22-36)42-17-9-38(10-18-42)47-57-45(34(3)4)59-49(61-47)63-27-31-69-32-28-63/h5-24,33-34H,25-32H2,1-4H3,(H,54,66)(H,55,67). The highest BCUT2D eigenvalue weighted by atomic mass is 127. The van der Waals surface area contributed by atoms with Gasteiger partial charge in [-0.1, -0.05) is 39.8 Å². The van der Waals surface area contributed by atoms with E-state index in [0.717, 1.165) is 20.3 Å². The summed E-state index contributed by atoms with van der Waals surface area (Å²) >= 11 is 2.22. The zero-order valence-corrected chi connectivity index (χ0v) is 40.9. The lowest BCUT2D eigenvalue weighted by atomic mass is 10.1. The third kappa shape index (κ3) is 11.2. The molecule has 0 radical (unpaired) electrons. The van der Waals surface area contributed by atoms with Crippen LogP contribution in [0.3, 0.4) is 0 Å². The van der Waals surface area contributed by atoms with E-state index in [1.165, 1.54) is 10.0 Å². The van der Waals surface area contributed by atoms with Crippen LogP contribution in [0.5, 0.6) is 0 Å². The van der Waals surface area contributed by atoms with Crippen LogP contribution in [0.4, 0.5) is 44.2 Å². The van der Waals surface area contributed by atoms with Crippen molar-refractivity contribution in [3.63, 3.8) is 0 Å². The summed E-state index contributed by atoms with van der Waals surface area (Å²) in [6.07, 6.45) is 3.47. The largest absolute Gasteiger partial charge is 0.378 e. The average molecular weight is 1040 g/mol. The van der Waals surface area contributed by atoms with E-state index >= 15 is 0 Å². The summed E-state index contributed by atoms with van der Waals surface area (Å²) in [6.45, 7) is 13.3. The molecule has 69 heavy (non-hydrogen) atoms. The first-order chi connectivity index (χ1) is 33.6. The number of halogens is 1. The van der Waals surface area contributed by atoms with E-state index in [1.807, 2.05) is 86.6 Å². The predicted molar refractivity (Wildman–Crippen MR) is 277 cm³/mol. The summed E-state index contributed by atoms with van der Waals surface area (Å²) in [4.78, 5) is 67.2. The van der Waals surface area contributed by atoms with Crippen LogP contribution in [0.15, 0.2) is 122 Å². The maximum absolute atomic E-state index is 14.9. The number of urea groups is 2. The van der Waals surface area contributed by atoms with Crippen molar-refractivity contribution < 1.29 is 19.1 Å². The molecule has 0 aliphatic carbocycles. The molecular formula is C51H52IN13O4. The van der Waals surface area contributed by atoms with Gasteiger partial charge in [0.1, 0.15) is 11.6 Å². The number of nitrogens with zero attached hydrogens (tertiary/aromatic N) is 11. The van der Waals surface area contributed by atoms with Gasteiger partial charge in [0.15, 0.2) is 11.6 Å². The molecule has 2 fully saturated rings. The molecule has 2 saturated heterocycles. The fourth-order valence-corrected chi connectivity index (χ4v) is 8.03. The van der Waals surface area contributed by atoms with Gasteiger partial charge in [-0.05, 0) is 131 Å². The molecule has 9 rings (SSSR count). The highest BCUT2D eigenvalue weighted by Crippen LogP contribution is 2.31. The molecule has 0 saturated carbocycles. The zero-order valence-electron chi connectivity index (χ0n) is 38.8. The maximum Gasteiger partial charge on any atom is 0.345 e. The third-order valence-corrected chi connectivity index (χ3v) is 12.2. The molecule has 2 aliphatic heterocycles. The second-order valence-corrected chi connectivity index (χ2v) is 18.3. The Bertz CT molecular complexity index is 2860. The summed E-state index contributed by atoms with van der Waals surface area (Å²) in [7, 11) is 0. The van der Waals surface area contributed by atoms with Crippen molar-refractivity contribution in [1.82, 2.24) is 34.9 Å². The van der Waals surface area contributed by atoms with Gasteiger partial charge in [-0.2, -0.15) is 30.0 Å². The van der Waals surface area contributed by atoms with Crippen molar-refractivity contribution >= 4 is 69.3 Å². The molecular weight excluding hydrogens is 986 g/mol. The van der Waals surface area contributed by atoms with Crippen LogP contribution >= 0.6 is 22.6 Å². The van der Waals surface area contributed by atoms with Gasteiger partial charge in [0, 0.05) is 76.5 Å². The van der Waals surface area contributed by atoms with Gasteiger partial charge >= 0.3 is 12.1 Å². The first-order valence-electron chi connectivity index (χ1n) is 22.9. The first kappa shape index (κ1) is 46.9. The number of pyridine rings is 1. The van der Waals surface area contributed by atoms with Gasteiger partial charge in [-0.3, -0.25) is 4.98 Å². The van der Waals surface area contributed by atoms with E-state index in [0.29, 0.717) is 116 Å². The number of rotatable bonds is 11. The maximum atomic E-state index is 14.9. The first-order valence-corrected chi connectivity index (χ1v) is 24.0. The molecule has 0 bridgehead atoms. The molecule has 4 amide bonds. The Balaban J connectivity index is 1.06. The predicted octanol–water partition coefficient (Wildman–Crippen LogP) is 9.67. The van der Waals surface area contributed by atoms with Crippen molar-refractivity contribution in [3.8, 4) is 33.9 Å². The van der Waals surface area contributed by atoms with Crippen molar-refractivity contribution in [1.29, 1.82) is 0 Å². The van der Waals surface area contributed by atoms with Crippen LogP contribution in [0.2, 0.25) is 0 Å². The quantitative estimate of drug-likeness (QED) is 0.0925. The molecule has 2 aliphatic rings. The number of carbonyl (C=O) groups excluding carboxylic acids is 2. The molecule has 0 spiro atoms. The molecule has 18 heteroatoms. The lowest BCUT2D eigenvalue weighted by Crippen LogP contribution is -2.53. The number of hydrogen-bond donors (Lipinski definition) is 2. The second kappa shape index (κ2) is 21.4. The number of aromatic nitrogens is 7. The summed E-state index contributed by atoms with van der Waals surface area (Å²) in [5, 5.41) is 8.75. The van der Waals surface area contributed by atoms with E-state index in [-0.39, 0.29) is 11.8 Å². The number of morpholine rings is 2. The van der Waals surface area contributed by atoms with Crippen LogP contribution in [0.25, 0.3) is 33.9 Å². The lowest BCUT2D eigenvalue weighted by molar-refractivity contribution is 0.122. The van der Waals surface area contributed by atoms with Crippen molar-refractivity contribution in [3.05, 3.63) is 137 Å². The van der Waals surface area contributed by atoms with E-state index in [9.17, 15) is 9.59 Å². The fraction of sp³-hybridized carbons (Fsp3) is 0.275. The Morgan fingerprint density at radius 3 is 1.30 bits per heavy atom. The Labute approximate surface area is 414 Å². The van der Waals surface area contributed by atoms with Crippen LogP contribution in [-0.4, -0.2) is 99.6 Å². The highest BCUT2D eigenvalue weighted by Gasteiger charge is 2.31. The van der Waals surface area contributed by atoms with Gasteiger partial charge in [0.05, 0.1) is 37.8 Å². The smallest absolute Gasteiger partial charge is 0.345 e. The highest BCUT2D eigenvalue weighted by molar-refractivity contribution is 14.1. The third-order valence-electron chi connectivity index (χ3n) is 11.5. The summed E-state index contributed by atoms with van der Waals surface area (Å²) in [6, 6.07) is 32.1. The number of hydrogen-bond acceptors (Lipinski definition) is 13. The molecule has 4 aromatic carbocycles. The normalized spacial score (nSPS) is 13.9. The average Bonchev–Trinajstić information content (AvgIpc) is 3.39. The van der Waals surface area contributed by atoms with E-state index in [1.54, 1.807) is 48.8 Å². The van der Waals surface area contributed by atoms with E-state index < -0.39 is 12.1 Å². The number of anilines is 6. The number of carbonyl (C=O) groups is 2. The van der Waals surface area contributed by atoms with Gasteiger partial charge in [0.25, 0.3) is 0 Å². The van der Waals surface area contributed by atoms with Crippen LogP contribution in [-0.2, 0) is 9.47 Å². The van der Waals surface area contributed by atoms with Gasteiger partial charge in [-0.25, -0.2) is 19.6 Å². The molecule has 0 unspecified atom stereocenters. The van der Waals surface area contributed by atoms with Crippen LogP contribution < -0.4 is 30.5 Å². The molecule has 352 valence electrons. The minimum Gasteiger partial charge on any atom is -0.378 e. The summed E-state index contributed by atoms with van der Waals surface area (Å²) in [5.41, 5.74) is 5.26. The monoisotopic (exact) mass is 1040 g/mol. The summed E-state index contributed by atoms with van der Waals surface area (Å²) in [5.74, 6) is 3.72. The molecule has 7 aromatic rings. The van der Waals surface area contributed by atoms with Crippen molar-refractivity contribution in [2.75, 3.05) is 83.1 Å². The number of nitrogens with one attached hydrogen (secondary N) is 2. The Kier molecular flexibility index (Phi) is 14.6. The molecule has 17 nitrogen and oxygen atoms in total. The molecule has 5 heterocycles. The minimum absolute atomic E-state index is 0.0518. The SMILES string of the molecule is CC(C)c1nc(-c2ccc(NC(=O)N(c3ccc(I)cc3)N(C(=O)Nc3ccc(-c4ccncc4)cc3)c3ccc(-c4nc(C(C)C)nc(N5CCOCC5)n4)cc3)cc2)nc(N2CCOCC2)n1. The molecule has 0 atom stereocenters.